The summed E-state index contributed by atoms with van der Waals surface area (Å²) in [6, 6.07) is 2.02. The zero-order valence-corrected chi connectivity index (χ0v) is 13.5. The molecule has 0 N–H and O–H groups in total. The Morgan fingerprint density at radius 2 is 1.37 bits per heavy atom. The van der Waals surface area contributed by atoms with Gasteiger partial charge in [0.05, 0.1) is 0 Å². The van der Waals surface area contributed by atoms with E-state index in [4.69, 9.17) is 0 Å². The van der Waals surface area contributed by atoms with Crippen LogP contribution < -0.4 is 0 Å². The van der Waals surface area contributed by atoms with Crippen LogP contribution in [-0.2, 0) is 9.84 Å². The van der Waals surface area contributed by atoms with Gasteiger partial charge in [-0.2, -0.15) is 0 Å². The predicted molar refractivity (Wildman–Crippen MR) is 78.6 cm³/mol. The number of hydrogen-bond donors (Lipinski definition) is 0. The van der Waals surface area contributed by atoms with Gasteiger partial charge in [-0.05, 0) is 63.8 Å². The van der Waals surface area contributed by atoms with Crippen molar-refractivity contribution >= 4 is 15.6 Å². The molecule has 3 nitrogen and oxygen atoms in total. The summed E-state index contributed by atoms with van der Waals surface area (Å²) in [4.78, 5) is 12.7. The molecular weight excluding hydrogens is 260 g/mol. The van der Waals surface area contributed by atoms with E-state index in [1.54, 1.807) is 0 Å². The van der Waals surface area contributed by atoms with Gasteiger partial charge in [-0.3, -0.25) is 4.79 Å². The second-order valence-electron chi connectivity index (χ2n) is 5.75. The van der Waals surface area contributed by atoms with Crippen molar-refractivity contribution in [1.29, 1.82) is 0 Å². The number of sulfone groups is 1. The lowest BCUT2D eigenvalue weighted by atomic mass is 9.88. The van der Waals surface area contributed by atoms with E-state index in [0.717, 1.165) is 28.5 Å². The number of carbonyl (C=O) groups excluding carboxylic acids is 1. The van der Waals surface area contributed by atoms with Crippen LogP contribution in [0.2, 0.25) is 0 Å². The number of rotatable bonds is 3. The van der Waals surface area contributed by atoms with Crippen molar-refractivity contribution in [2.24, 2.45) is 0 Å². The van der Waals surface area contributed by atoms with Crippen LogP contribution in [0.3, 0.4) is 0 Å². The first kappa shape index (κ1) is 15.9. The van der Waals surface area contributed by atoms with Crippen LogP contribution in [0, 0.1) is 27.7 Å². The minimum absolute atomic E-state index is 0.322. The Bertz CT molecular complexity index is 612. The molecule has 0 amide bonds. The molecule has 1 aromatic rings. The van der Waals surface area contributed by atoms with E-state index >= 15 is 0 Å². The first-order valence-electron chi connectivity index (χ1n) is 6.23. The zero-order chi connectivity index (χ0) is 15.2. The van der Waals surface area contributed by atoms with Crippen molar-refractivity contribution in [1.82, 2.24) is 0 Å². The third-order valence-electron chi connectivity index (χ3n) is 4.07. The highest BCUT2D eigenvalue weighted by molar-refractivity contribution is 7.92. The molecule has 0 aliphatic rings. The van der Waals surface area contributed by atoms with E-state index in [-0.39, 0.29) is 5.78 Å². The maximum Gasteiger partial charge on any atom is 0.184 e. The Kier molecular flexibility index (Phi) is 3.97. The van der Waals surface area contributed by atoms with E-state index in [1.165, 1.54) is 13.8 Å². The minimum atomic E-state index is -3.46. The molecular formula is C15H22O3S. The predicted octanol–water partition coefficient (Wildman–Crippen LogP) is 2.93. The molecule has 4 heteroatoms. The van der Waals surface area contributed by atoms with Crippen LogP contribution in [-0.4, -0.2) is 25.2 Å². The summed E-state index contributed by atoms with van der Waals surface area (Å²) >= 11 is 0. The van der Waals surface area contributed by atoms with Crippen molar-refractivity contribution in [3.05, 3.63) is 33.9 Å². The molecule has 106 valence electrons. The van der Waals surface area contributed by atoms with Crippen molar-refractivity contribution in [3.8, 4) is 0 Å². The first-order valence-corrected chi connectivity index (χ1v) is 8.12. The Balaban J connectivity index is 3.62. The van der Waals surface area contributed by atoms with E-state index in [9.17, 15) is 13.2 Å². The molecule has 0 bridgehead atoms. The SMILES string of the molecule is Cc1cc(C)c(C)c(C(=O)C(C)(C)S(C)(=O)=O)c1C. The lowest BCUT2D eigenvalue weighted by molar-refractivity contribution is 0.0952. The maximum atomic E-state index is 12.7. The fourth-order valence-corrected chi connectivity index (χ4v) is 2.47. The van der Waals surface area contributed by atoms with Crippen LogP contribution in [0.25, 0.3) is 0 Å². The van der Waals surface area contributed by atoms with Gasteiger partial charge in [0.1, 0.15) is 4.75 Å². The quantitative estimate of drug-likeness (QED) is 0.801. The van der Waals surface area contributed by atoms with Gasteiger partial charge in [-0.25, -0.2) is 8.42 Å². The number of hydrogen-bond acceptors (Lipinski definition) is 3. The Hall–Kier alpha value is -1.16. The second-order valence-corrected chi connectivity index (χ2v) is 8.31. The van der Waals surface area contributed by atoms with Crippen molar-refractivity contribution < 1.29 is 13.2 Å². The molecule has 0 saturated heterocycles. The van der Waals surface area contributed by atoms with Gasteiger partial charge < -0.3 is 0 Å². The van der Waals surface area contributed by atoms with Gasteiger partial charge in [0.15, 0.2) is 15.6 Å². The monoisotopic (exact) mass is 282 g/mol. The topological polar surface area (TPSA) is 51.2 Å². The fraction of sp³-hybridized carbons (Fsp3) is 0.533. The lowest BCUT2D eigenvalue weighted by Crippen LogP contribution is -2.40. The molecule has 0 aromatic heterocycles. The average molecular weight is 282 g/mol. The van der Waals surface area contributed by atoms with Crippen molar-refractivity contribution in [2.45, 2.75) is 46.3 Å². The number of Topliss-reactive ketones (excluding diaryl/α,β-unsaturated/α-hetero) is 1. The Morgan fingerprint density at radius 1 is 1.00 bits per heavy atom. The van der Waals surface area contributed by atoms with Gasteiger partial charge in [0, 0.05) is 11.8 Å². The van der Waals surface area contributed by atoms with Gasteiger partial charge >= 0.3 is 0 Å². The normalized spacial score (nSPS) is 12.6. The molecule has 0 atom stereocenters. The molecule has 0 unspecified atom stereocenters. The molecule has 0 aliphatic heterocycles. The van der Waals surface area contributed by atoms with Crippen LogP contribution in [0.4, 0.5) is 0 Å². The molecule has 0 fully saturated rings. The average Bonchev–Trinajstić information content (AvgIpc) is 2.25. The largest absolute Gasteiger partial charge is 0.292 e. The summed E-state index contributed by atoms with van der Waals surface area (Å²) in [6.45, 7) is 10.6. The molecule has 1 rings (SSSR count). The first-order chi connectivity index (χ1) is 8.41. The van der Waals surface area contributed by atoms with Crippen LogP contribution >= 0.6 is 0 Å². The second kappa shape index (κ2) is 4.75. The molecule has 19 heavy (non-hydrogen) atoms. The zero-order valence-electron chi connectivity index (χ0n) is 12.7. The Labute approximate surface area is 116 Å². The van der Waals surface area contributed by atoms with Gasteiger partial charge in [-0.1, -0.05) is 6.07 Å². The van der Waals surface area contributed by atoms with E-state index in [1.807, 2.05) is 33.8 Å². The minimum Gasteiger partial charge on any atom is -0.292 e. The highest BCUT2D eigenvalue weighted by Gasteiger charge is 2.40. The summed E-state index contributed by atoms with van der Waals surface area (Å²) in [5, 5.41) is 0. The number of carbonyl (C=O) groups is 1. The maximum absolute atomic E-state index is 12.7. The highest BCUT2D eigenvalue weighted by Crippen LogP contribution is 2.28. The van der Waals surface area contributed by atoms with Crippen molar-refractivity contribution in [2.75, 3.05) is 6.26 Å². The Morgan fingerprint density at radius 3 is 1.68 bits per heavy atom. The molecule has 0 radical (unpaired) electrons. The summed E-state index contributed by atoms with van der Waals surface area (Å²) in [7, 11) is -3.46. The third-order valence-corrected chi connectivity index (χ3v) is 6.11. The molecule has 0 spiro atoms. The molecule has 0 aliphatic carbocycles. The third kappa shape index (κ3) is 2.59. The number of ketones is 1. The standard InChI is InChI=1S/C15H22O3S/c1-9-8-10(2)12(4)13(11(9)3)14(16)15(5,6)19(7,17)18/h8H,1-7H3. The van der Waals surface area contributed by atoms with Crippen LogP contribution in [0.15, 0.2) is 6.07 Å². The number of benzene rings is 1. The van der Waals surface area contributed by atoms with Gasteiger partial charge in [0.2, 0.25) is 0 Å². The van der Waals surface area contributed by atoms with E-state index < -0.39 is 14.6 Å². The van der Waals surface area contributed by atoms with Crippen LogP contribution in [0.5, 0.6) is 0 Å². The molecule has 1 aromatic carbocycles. The summed E-state index contributed by atoms with van der Waals surface area (Å²) in [5.74, 6) is -0.322. The smallest absolute Gasteiger partial charge is 0.184 e. The van der Waals surface area contributed by atoms with Gasteiger partial charge in [-0.15, -0.1) is 0 Å². The van der Waals surface area contributed by atoms with Crippen molar-refractivity contribution in [3.63, 3.8) is 0 Å². The summed E-state index contributed by atoms with van der Waals surface area (Å²) < 4.78 is 22.3. The van der Waals surface area contributed by atoms with Crippen LogP contribution in [0.1, 0.15) is 46.5 Å². The van der Waals surface area contributed by atoms with Gasteiger partial charge in [0.25, 0.3) is 0 Å². The highest BCUT2D eigenvalue weighted by atomic mass is 32.2. The van der Waals surface area contributed by atoms with E-state index in [2.05, 4.69) is 0 Å². The molecule has 0 heterocycles. The van der Waals surface area contributed by atoms with E-state index in [0.29, 0.717) is 5.56 Å². The summed E-state index contributed by atoms with van der Waals surface area (Å²) in [5.41, 5.74) is 4.30. The molecule has 0 saturated carbocycles. The summed E-state index contributed by atoms with van der Waals surface area (Å²) in [6.07, 6.45) is 1.11. The fourth-order valence-electron chi connectivity index (χ4n) is 2.03. The lowest BCUT2D eigenvalue weighted by Gasteiger charge is -2.24. The number of aryl methyl sites for hydroxylation is 2.